The second-order valence-corrected chi connectivity index (χ2v) is 10.3. The number of hydrogen-bond acceptors (Lipinski definition) is 6. The topological polar surface area (TPSA) is 112 Å². The first kappa shape index (κ1) is 23.2. The van der Waals surface area contributed by atoms with Crippen LogP contribution in [0.15, 0.2) is 47.3 Å². The van der Waals surface area contributed by atoms with E-state index in [2.05, 4.69) is 14.9 Å². The molecule has 2 N–H and O–H groups in total. The number of amides is 2. The number of nitrogens with zero attached hydrogens (tertiary/aromatic N) is 2. The summed E-state index contributed by atoms with van der Waals surface area (Å²) in [4.78, 5) is 28.7. The van der Waals surface area contributed by atoms with Crippen molar-refractivity contribution in [2.24, 2.45) is 0 Å². The zero-order valence-electron chi connectivity index (χ0n) is 18.5. The fourth-order valence-corrected chi connectivity index (χ4v) is 5.34. The van der Waals surface area contributed by atoms with Crippen LogP contribution in [0.3, 0.4) is 0 Å². The Labute approximate surface area is 194 Å². The predicted molar refractivity (Wildman–Crippen MR) is 126 cm³/mol. The van der Waals surface area contributed by atoms with Crippen molar-refractivity contribution in [3.63, 3.8) is 0 Å². The summed E-state index contributed by atoms with van der Waals surface area (Å²) in [6, 6.07) is 8.72. The van der Waals surface area contributed by atoms with Gasteiger partial charge in [-0.1, -0.05) is 0 Å². The van der Waals surface area contributed by atoms with Crippen LogP contribution in [0.2, 0.25) is 0 Å². The lowest BCUT2D eigenvalue weighted by Crippen LogP contribution is -2.47. The van der Waals surface area contributed by atoms with Crippen molar-refractivity contribution < 1.29 is 22.4 Å². The standard InChI is InChI=1S/C23H30N4O5S/c28-22(24-19-8-13-27(14-9-19)23(29)18-10-15-32-16-18)17-33(30,31)25-20-4-6-21(7-5-20)26-11-2-1-3-12-26/h4-7,10,15-16,19,25H,1-3,8-9,11-14,17H2,(H,24,28). The molecule has 0 saturated carbocycles. The smallest absolute Gasteiger partial charge is 0.257 e. The molecule has 0 unspecified atom stereocenters. The molecule has 0 radical (unpaired) electrons. The molecule has 1 aromatic heterocycles. The van der Waals surface area contributed by atoms with Crippen LogP contribution in [-0.2, 0) is 14.8 Å². The van der Waals surface area contributed by atoms with Gasteiger partial charge in [0.2, 0.25) is 15.9 Å². The van der Waals surface area contributed by atoms with Crippen LogP contribution < -0.4 is 14.9 Å². The van der Waals surface area contributed by atoms with E-state index >= 15 is 0 Å². The summed E-state index contributed by atoms with van der Waals surface area (Å²) < 4.78 is 32.4. The highest BCUT2D eigenvalue weighted by Crippen LogP contribution is 2.22. The lowest BCUT2D eigenvalue weighted by Gasteiger charge is -2.32. The van der Waals surface area contributed by atoms with Crippen LogP contribution in [0, 0.1) is 0 Å². The summed E-state index contributed by atoms with van der Waals surface area (Å²) in [5.74, 6) is -1.30. The normalized spacial score (nSPS) is 17.6. The Kier molecular flexibility index (Phi) is 7.22. The Morgan fingerprint density at radius 1 is 0.970 bits per heavy atom. The molecule has 1 aromatic carbocycles. The molecular formula is C23H30N4O5S. The Balaban J connectivity index is 1.23. The number of hydrogen-bond donors (Lipinski definition) is 2. The Morgan fingerprint density at radius 2 is 1.67 bits per heavy atom. The molecule has 2 amide bonds. The van der Waals surface area contributed by atoms with Gasteiger partial charge < -0.3 is 19.5 Å². The maximum atomic E-state index is 12.5. The summed E-state index contributed by atoms with van der Waals surface area (Å²) in [6.45, 7) is 3.01. The molecule has 3 heterocycles. The fraction of sp³-hybridized carbons (Fsp3) is 0.478. The number of carbonyl (C=O) groups excluding carboxylic acids is 2. The molecule has 178 valence electrons. The van der Waals surface area contributed by atoms with E-state index in [9.17, 15) is 18.0 Å². The number of likely N-dealkylation sites (tertiary alicyclic amines) is 1. The highest BCUT2D eigenvalue weighted by Gasteiger charge is 2.26. The molecule has 0 aliphatic carbocycles. The molecule has 2 aliphatic heterocycles. The predicted octanol–water partition coefficient (Wildman–Crippen LogP) is 2.43. The van der Waals surface area contributed by atoms with Gasteiger partial charge in [-0.15, -0.1) is 0 Å². The lowest BCUT2D eigenvalue weighted by molar-refractivity contribution is -0.119. The molecule has 9 nitrogen and oxygen atoms in total. The molecular weight excluding hydrogens is 444 g/mol. The molecule has 2 aromatic rings. The molecule has 10 heteroatoms. The third-order valence-electron chi connectivity index (χ3n) is 6.10. The maximum Gasteiger partial charge on any atom is 0.257 e. The van der Waals surface area contributed by atoms with Crippen LogP contribution in [0.4, 0.5) is 11.4 Å². The van der Waals surface area contributed by atoms with Crippen molar-refractivity contribution in [1.29, 1.82) is 0 Å². The number of piperidine rings is 2. The van der Waals surface area contributed by atoms with Gasteiger partial charge in [-0.05, 0) is 62.4 Å². The first-order valence-electron chi connectivity index (χ1n) is 11.4. The van der Waals surface area contributed by atoms with Crippen LogP contribution >= 0.6 is 0 Å². The molecule has 0 spiro atoms. The molecule has 0 atom stereocenters. The average Bonchev–Trinajstić information content (AvgIpc) is 3.34. The molecule has 0 bridgehead atoms. The minimum Gasteiger partial charge on any atom is -0.472 e. The number of benzene rings is 1. The molecule has 2 saturated heterocycles. The second kappa shape index (κ2) is 10.3. The van der Waals surface area contributed by atoms with E-state index in [1.54, 1.807) is 23.1 Å². The van der Waals surface area contributed by atoms with E-state index in [0.29, 0.717) is 37.2 Å². The zero-order chi connectivity index (χ0) is 23.3. The van der Waals surface area contributed by atoms with E-state index in [1.165, 1.54) is 31.8 Å². The Bertz CT molecular complexity index is 1040. The number of nitrogens with one attached hydrogen (secondary N) is 2. The lowest BCUT2D eigenvalue weighted by atomic mass is 10.0. The van der Waals surface area contributed by atoms with Gasteiger partial charge >= 0.3 is 0 Å². The van der Waals surface area contributed by atoms with Crippen molar-refractivity contribution in [2.75, 3.05) is 41.6 Å². The van der Waals surface area contributed by atoms with Gasteiger partial charge in [0.05, 0.1) is 11.8 Å². The average molecular weight is 475 g/mol. The quantitative estimate of drug-likeness (QED) is 0.638. The van der Waals surface area contributed by atoms with Crippen LogP contribution in [0.5, 0.6) is 0 Å². The number of carbonyl (C=O) groups is 2. The molecule has 2 aliphatic rings. The molecule has 4 rings (SSSR count). The van der Waals surface area contributed by atoms with Crippen LogP contribution in [-0.4, -0.2) is 63.1 Å². The van der Waals surface area contributed by atoms with Gasteiger partial charge in [0, 0.05) is 43.6 Å². The third-order valence-corrected chi connectivity index (χ3v) is 7.29. The van der Waals surface area contributed by atoms with Gasteiger partial charge in [-0.25, -0.2) is 8.42 Å². The van der Waals surface area contributed by atoms with E-state index in [4.69, 9.17) is 4.42 Å². The Morgan fingerprint density at radius 3 is 2.30 bits per heavy atom. The summed E-state index contributed by atoms with van der Waals surface area (Å²) in [7, 11) is -3.83. The van der Waals surface area contributed by atoms with Crippen molar-refractivity contribution in [3.8, 4) is 0 Å². The molecule has 33 heavy (non-hydrogen) atoms. The van der Waals surface area contributed by atoms with Crippen LogP contribution in [0.1, 0.15) is 42.5 Å². The van der Waals surface area contributed by atoms with Gasteiger partial charge in [0.1, 0.15) is 12.0 Å². The number of anilines is 2. The van der Waals surface area contributed by atoms with Gasteiger partial charge in [0.25, 0.3) is 5.91 Å². The third kappa shape index (κ3) is 6.28. The summed E-state index contributed by atoms with van der Waals surface area (Å²) >= 11 is 0. The number of sulfonamides is 1. The van der Waals surface area contributed by atoms with E-state index in [1.807, 2.05) is 12.1 Å². The second-order valence-electron chi connectivity index (χ2n) is 8.60. The SMILES string of the molecule is O=C(CS(=O)(=O)Nc1ccc(N2CCCCC2)cc1)NC1CCN(C(=O)c2ccoc2)CC1. The molecule has 2 fully saturated rings. The van der Waals surface area contributed by atoms with Gasteiger partial charge in [-0.2, -0.15) is 0 Å². The van der Waals surface area contributed by atoms with E-state index < -0.39 is 21.7 Å². The van der Waals surface area contributed by atoms with Crippen molar-refractivity contribution in [3.05, 3.63) is 48.4 Å². The first-order valence-corrected chi connectivity index (χ1v) is 13.0. The zero-order valence-corrected chi connectivity index (χ0v) is 19.4. The van der Waals surface area contributed by atoms with Crippen molar-refractivity contribution >= 4 is 33.2 Å². The summed E-state index contributed by atoms with van der Waals surface area (Å²) in [6.07, 6.45) is 7.60. The van der Waals surface area contributed by atoms with Gasteiger partial charge in [0.15, 0.2) is 0 Å². The maximum absolute atomic E-state index is 12.5. The minimum atomic E-state index is -3.83. The van der Waals surface area contributed by atoms with Gasteiger partial charge in [-0.3, -0.25) is 14.3 Å². The van der Waals surface area contributed by atoms with E-state index in [-0.39, 0.29) is 11.9 Å². The minimum absolute atomic E-state index is 0.105. The fourth-order valence-electron chi connectivity index (χ4n) is 4.35. The monoisotopic (exact) mass is 474 g/mol. The first-order chi connectivity index (χ1) is 15.9. The van der Waals surface area contributed by atoms with E-state index in [0.717, 1.165) is 18.8 Å². The number of rotatable bonds is 7. The summed E-state index contributed by atoms with van der Waals surface area (Å²) in [5, 5.41) is 2.79. The summed E-state index contributed by atoms with van der Waals surface area (Å²) in [5.41, 5.74) is 2.02. The number of furan rings is 1. The van der Waals surface area contributed by atoms with Crippen LogP contribution in [0.25, 0.3) is 0 Å². The Hall–Kier alpha value is -3.01. The van der Waals surface area contributed by atoms with Crippen molar-refractivity contribution in [1.82, 2.24) is 10.2 Å². The highest BCUT2D eigenvalue weighted by atomic mass is 32.2. The largest absolute Gasteiger partial charge is 0.472 e. The highest BCUT2D eigenvalue weighted by molar-refractivity contribution is 7.93. The van der Waals surface area contributed by atoms with Crippen molar-refractivity contribution in [2.45, 2.75) is 38.1 Å².